The summed E-state index contributed by atoms with van der Waals surface area (Å²) in [4.78, 5) is 10.6. The Kier molecular flexibility index (Phi) is 7.43. The van der Waals surface area contributed by atoms with Crippen LogP contribution in [0.1, 0.15) is 77.7 Å². The molecule has 22 heavy (non-hydrogen) atoms. The lowest BCUT2D eigenvalue weighted by atomic mass is 9.84. The van der Waals surface area contributed by atoms with E-state index in [4.69, 9.17) is 10.5 Å². The lowest BCUT2D eigenvalue weighted by molar-refractivity contribution is -0.154. The van der Waals surface area contributed by atoms with Crippen molar-refractivity contribution in [1.29, 1.82) is 0 Å². The molecule has 3 nitrogen and oxygen atoms in total. The Hall–Kier alpha value is -1.51. The van der Waals surface area contributed by atoms with Crippen molar-refractivity contribution in [2.45, 2.75) is 77.7 Å². The Bertz CT molecular complexity index is 439. The average Bonchev–Trinajstić information content (AvgIpc) is 2.48. The number of hydrogen-bond donors (Lipinski definition) is 1. The number of anilines is 1. The van der Waals surface area contributed by atoms with Gasteiger partial charge in [0, 0.05) is 12.1 Å². The lowest BCUT2D eigenvalue weighted by Gasteiger charge is -2.21. The van der Waals surface area contributed by atoms with Gasteiger partial charge in [0.2, 0.25) is 0 Å². The molecular formula is C19H31NO2. The van der Waals surface area contributed by atoms with E-state index in [9.17, 15) is 4.79 Å². The molecule has 0 atom stereocenters. The van der Waals surface area contributed by atoms with Gasteiger partial charge in [0.1, 0.15) is 5.60 Å². The number of hydrogen-bond acceptors (Lipinski definition) is 3. The molecule has 0 bridgehead atoms. The second-order valence-electron chi connectivity index (χ2n) is 6.94. The highest BCUT2D eigenvalue weighted by Crippen LogP contribution is 2.32. The van der Waals surface area contributed by atoms with Crippen LogP contribution in [-0.2, 0) is 9.53 Å². The Labute approximate surface area is 135 Å². The quantitative estimate of drug-likeness (QED) is 0.614. The largest absolute Gasteiger partial charge is 0.460 e. The van der Waals surface area contributed by atoms with Gasteiger partial charge in [-0.1, -0.05) is 38.3 Å². The molecule has 0 amide bonds. The molecule has 0 aliphatic heterocycles. The first-order valence-corrected chi connectivity index (χ1v) is 8.39. The molecule has 2 N–H and O–H groups in total. The van der Waals surface area contributed by atoms with Crippen LogP contribution in [0.15, 0.2) is 24.3 Å². The molecule has 1 aliphatic rings. The number of ether oxygens (including phenoxy) is 1. The van der Waals surface area contributed by atoms with Gasteiger partial charge in [-0.05, 0) is 57.2 Å². The number of carbonyl (C=O) groups excluding carboxylic acids is 1. The Morgan fingerprint density at radius 1 is 1.14 bits per heavy atom. The van der Waals surface area contributed by atoms with Crippen LogP contribution in [-0.4, -0.2) is 11.6 Å². The van der Waals surface area contributed by atoms with E-state index in [2.05, 4.69) is 12.1 Å². The maximum absolute atomic E-state index is 10.6. The van der Waals surface area contributed by atoms with Crippen LogP contribution in [0.3, 0.4) is 0 Å². The molecule has 1 saturated carbocycles. The lowest BCUT2D eigenvalue weighted by Crippen LogP contribution is -2.23. The van der Waals surface area contributed by atoms with E-state index >= 15 is 0 Å². The molecule has 3 heteroatoms. The van der Waals surface area contributed by atoms with Crippen LogP contribution in [0.2, 0.25) is 0 Å². The number of carbonyl (C=O) groups is 1. The van der Waals surface area contributed by atoms with Gasteiger partial charge in [0.05, 0.1) is 0 Å². The number of esters is 1. The molecule has 0 spiro atoms. The number of nitrogens with two attached hydrogens (primary N) is 1. The van der Waals surface area contributed by atoms with Crippen LogP contribution in [0.25, 0.3) is 0 Å². The van der Waals surface area contributed by atoms with E-state index in [1.54, 1.807) is 6.92 Å². The molecule has 0 radical (unpaired) electrons. The zero-order chi connectivity index (χ0) is 16.6. The Morgan fingerprint density at radius 2 is 1.68 bits per heavy atom. The van der Waals surface area contributed by atoms with Crippen molar-refractivity contribution in [2.75, 3.05) is 5.73 Å². The first-order valence-electron chi connectivity index (χ1n) is 8.39. The van der Waals surface area contributed by atoms with Gasteiger partial charge in [-0.3, -0.25) is 4.79 Å². The van der Waals surface area contributed by atoms with Gasteiger partial charge in [0.15, 0.2) is 0 Å². The molecule has 0 heterocycles. The smallest absolute Gasteiger partial charge is 0.306 e. The predicted molar refractivity (Wildman–Crippen MR) is 92.8 cm³/mol. The molecule has 0 unspecified atom stereocenters. The van der Waals surface area contributed by atoms with Crippen molar-refractivity contribution in [2.24, 2.45) is 0 Å². The highest BCUT2D eigenvalue weighted by molar-refractivity contribution is 5.69. The maximum Gasteiger partial charge on any atom is 0.306 e. The van der Waals surface area contributed by atoms with E-state index in [-0.39, 0.29) is 11.6 Å². The van der Waals surface area contributed by atoms with E-state index in [0.717, 1.165) is 11.6 Å². The van der Waals surface area contributed by atoms with Crippen LogP contribution >= 0.6 is 0 Å². The summed E-state index contributed by atoms with van der Waals surface area (Å²) in [5.74, 6) is 0.664. The van der Waals surface area contributed by atoms with Gasteiger partial charge >= 0.3 is 5.97 Å². The number of rotatable bonds is 2. The van der Waals surface area contributed by atoms with Crippen molar-refractivity contribution in [3.63, 3.8) is 0 Å². The number of nitrogen functional groups attached to an aromatic ring is 1. The first-order chi connectivity index (χ1) is 10.3. The van der Waals surface area contributed by atoms with Crippen molar-refractivity contribution < 1.29 is 9.53 Å². The zero-order valence-corrected chi connectivity index (χ0v) is 14.5. The topological polar surface area (TPSA) is 52.3 Å². The molecule has 1 fully saturated rings. The van der Waals surface area contributed by atoms with Crippen molar-refractivity contribution in [3.05, 3.63) is 29.8 Å². The van der Waals surface area contributed by atoms with Crippen molar-refractivity contribution in [3.8, 4) is 0 Å². The molecule has 1 aliphatic carbocycles. The van der Waals surface area contributed by atoms with Crippen LogP contribution in [0.5, 0.6) is 0 Å². The summed E-state index contributed by atoms with van der Waals surface area (Å²) in [6.07, 6.45) is 7.40. The molecule has 2 rings (SSSR count). The summed E-state index contributed by atoms with van der Waals surface area (Å²) in [6, 6.07) is 8.41. The predicted octanol–water partition coefficient (Wildman–Crippen LogP) is 5.05. The Morgan fingerprint density at radius 3 is 2.09 bits per heavy atom. The minimum atomic E-state index is -0.326. The first kappa shape index (κ1) is 18.5. The number of benzene rings is 1. The second kappa shape index (κ2) is 8.82. The molecular weight excluding hydrogens is 274 g/mol. The molecule has 1 aromatic carbocycles. The van der Waals surface area contributed by atoms with E-state index in [0.29, 0.717) is 6.42 Å². The van der Waals surface area contributed by atoms with Crippen molar-refractivity contribution >= 4 is 11.7 Å². The summed E-state index contributed by atoms with van der Waals surface area (Å²) in [5, 5.41) is 0. The molecule has 0 saturated heterocycles. The van der Waals surface area contributed by atoms with E-state index in [1.807, 2.05) is 32.9 Å². The minimum absolute atomic E-state index is 0.137. The third-order valence-electron chi connectivity index (χ3n) is 3.72. The van der Waals surface area contributed by atoms with Gasteiger partial charge in [0.25, 0.3) is 0 Å². The Balaban J connectivity index is 0.000000239. The summed E-state index contributed by atoms with van der Waals surface area (Å²) >= 11 is 0. The summed E-state index contributed by atoms with van der Waals surface area (Å²) in [6.45, 7) is 7.37. The van der Waals surface area contributed by atoms with E-state index < -0.39 is 0 Å². The third kappa shape index (κ3) is 7.48. The summed E-state index contributed by atoms with van der Waals surface area (Å²) in [7, 11) is 0. The SMILES string of the molecule is CCC(=O)OC(C)(C)C.Nc1ccc(C2CCCCC2)cc1. The fraction of sp³-hybridized carbons (Fsp3) is 0.632. The molecule has 124 valence electrons. The fourth-order valence-corrected chi connectivity index (χ4v) is 2.62. The van der Waals surface area contributed by atoms with Gasteiger partial charge in [-0.15, -0.1) is 0 Å². The van der Waals surface area contributed by atoms with Gasteiger partial charge in [-0.25, -0.2) is 0 Å². The third-order valence-corrected chi connectivity index (χ3v) is 3.72. The van der Waals surface area contributed by atoms with Crippen molar-refractivity contribution in [1.82, 2.24) is 0 Å². The molecule has 0 aromatic heterocycles. The fourth-order valence-electron chi connectivity index (χ4n) is 2.62. The summed E-state index contributed by atoms with van der Waals surface area (Å²) < 4.78 is 4.95. The van der Waals surface area contributed by atoms with Crippen LogP contribution in [0.4, 0.5) is 5.69 Å². The standard InChI is InChI=1S/C12H17N.C7H14O2/c13-12-8-6-11(7-9-12)10-4-2-1-3-5-10;1-5-6(8)9-7(2,3)4/h6-10H,1-5,13H2;5H2,1-4H3. The zero-order valence-electron chi connectivity index (χ0n) is 14.5. The normalized spacial score (nSPS) is 15.6. The van der Waals surface area contributed by atoms with Gasteiger partial charge in [-0.2, -0.15) is 0 Å². The van der Waals surface area contributed by atoms with Crippen LogP contribution < -0.4 is 5.73 Å². The van der Waals surface area contributed by atoms with Crippen LogP contribution in [0, 0.1) is 0 Å². The highest BCUT2D eigenvalue weighted by Gasteiger charge is 2.15. The molecule has 1 aromatic rings. The minimum Gasteiger partial charge on any atom is -0.460 e. The van der Waals surface area contributed by atoms with E-state index in [1.165, 1.54) is 37.7 Å². The monoisotopic (exact) mass is 305 g/mol. The summed E-state index contributed by atoms with van der Waals surface area (Å²) in [5.41, 5.74) is 7.68. The highest BCUT2D eigenvalue weighted by atomic mass is 16.6. The second-order valence-corrected chi connectivity index (χ2v) is 6.94. The maximum atomic E-state index is 10.6. The average molecular weight is 305 g/mol. The van der Waals surface area contributed by atoms with Gasteiger partial charge < -0.3 is 10.5 Å².